The fourth-order valence-corrected chi connectivity index (χ4v) is 1.86. The van der Waals surface area contributed by atoms with Crippen LogP contribution in [0.4, 0.5) is 35.0 Å². The van der Waals surface area contributed by atoms with E-state index in [0.29, 0.717) is 6.07 Å². The first-order valence-corrected chi connectivity index (χ1v) is 6.71. The van der Waals surface area contributed by atoms with Gasteiger partial charge in [0.05, 0.1) is 17.3 Å². The number of nitrogens with zero attached hydrogens (tertiary/aromatic N) is 2. The van der Waals surface area contributed by atoms with E-state index >= 15 is 0 Å². The van der Waals surface area contributed by atoms with E-state index < -0.39 is 17.7 Å². The van der Waals surface area contributed by atoms with E-state index in [9.17, 15) is 17.6 Å². The van der Waals surface area contributed by atoms with E-state index in [1.165, 1.54) is 12.1 Å². The first-order valence-electron chi connectivity index (χ1n) is 6.33. The Morgan fingerprint density at radius 1 is 1.22 bits per heavy atom. The van der Waals surface area contributed by atoms with Crippen LogP contribution in [0.2, 0.25) is 5.02 Å². The molecule has 1 heterocycles. The molecule has 5 nitrogen and oxygen atoms in total. The molecule has 0 unspecified atom stereocenters. The van der Waals surface area contributed by atoms with Crippen LogP contribution in [-0.2, 0) is 6.18 Å². The highest BCUT2D eigenvalue weighted by Gasteiger charge is 2.33. The molecule has 0 fully saturated rings. The molecule has 23 heavy (non-hydrogen) atoms. The van der Waals surface area contributed by atoms with E-state index in [1.807, 2.05) is 0 Å². The predicted molar refractivity (Wildman–Crippen MR) is 77.3 cm³/mol. The smallest absolute Gasteiger partial charge is 0.395 e. The minimum Gasteiger partial charge on any atom is -0.395 e. The molecule has 0 amide bonds. The van der Waals surface area contributed by atoms with Crippen molar-refractivity contribution in [3.8, 4) is 0 Å². The Balaban J connectivity index is 2.40. The molecule has 0 aliphatic carbocycles. The zero-order valence-corrected chi connectivity index (χ0v) is 12.2. The highest BCUT2D eigenvalue weighted by Crippen LogP contribution is 2.32. The molecule has 0 atom stereocenters. The van der Waals surface area contributed by atoms with Crippen LogP contribution in [0.15, 0.2) is 24.3 Å². The van der Waals surface area contributed by atoms with Crippen molar-refractivity contribution in [1.29, 1.82) is 0 Å². The third-order valence-corrected chi connectivity index (χ3v) is 2.94. The van der Waals surface area contributed by atoms with Gasteiger partial charge in [-0.05, 0) is 12.1 Å². The van der Waals surface area contributed by atoms with Gasteiger partial charge >= 0.3 is 6.18 Å². The minimum absolute atomic E-state index is 0.0120. The number of anilines is 3. The van der Waals surface area contributed by atoms with E-state index in [0.717, 1.165) is 6.07 Å². The lowest BCUT2D eigenvalue weighted by Crippen LogP contribution is -2.15. The molecular formula is C13H11ClF4N4O. The monoisotopic (exact) mass is 350 g/mol. The average Bonchev–Trinajstić information content (AvgIpc) is 2.48. The van der Waals surface area contributed by atoms with Crippen molar-refractivity contribution in [2.75, 3.05) is 23.8 Å². The number of benzene rings is 1. The summed E-state index contributed by atoms with van der Waals surface area (Å²) in [7, 11) is 0. The molecule has 0 saturated heterocycles. The summed E-state index contributed by atoms with van der Waals surface area (Å²) in [5.41, 5.74) is -1.42. The van der Waals surface area contributed by atoms with E-state index in [4.69, 9.17) is 16.7 Å². The first kappa shape index (κ1) is 17.2. The summed E-state index contributed by atoms with van der Waals surface area (Å²) in [4.78, 5) is 7.10. The fourth-order valence-electron chi connectivity index (χ4n) is 1.65. The summed E-state index contributed by atoms with van der Waals surface area (Å²) in [6.45, 7) is -0.358. The van der Waals surface area contributed by atoms with Crippen molar-refractivity contribution in [2.24, 2.45) is 0 Å². The maximum absolute atomic E-state index is 13.7. The zero-order chi connectivity index (χ0) is 17.0. The van der Waals surface area contributed by atoms with Gasteiger partial charge in [0.25, 0.3) is 0 Å². The van der Waals surface area contributed by atoms with E-state index in [2.05, 4.69) is 20.6 Å². The molecule has 0 radical (unpaired) electrons. The second-order valence-electron chi connectivity index (χ2n) is 4.33. The summed E-state index contributed by atoms with van der Waals surface area (Å²) >= 11 is 5.82. The van der Waals surface area contributed by atoms with Crippen LogP contribution in [-0.4, -0.2) is 28.2 Å². The van der Waals surface area contributed by atoms with Crippen molar-refractivity contribution < 1.29 is 22.7 Å². The van der Waals surface area contributed by atoms with Crippen LogP contribution in [0, 0.1) is 5.82 Å². The molecular weight excluding hydrogens is 340 g/mol. The van der Waals surface area contributed by atoms with Gasteiger partial charge in [-0.25, -0.2) is 9.37 Å². The van der Waals surface area contributed by atoms with Gasteiger partial charge in [-0.2, -0.15) is 18.2 Å². The number of hydrogen-bond donors (Lipinski definition) is 3. The lowest BCUT2D eigenvalue weighted by atomic mass is 10.3. The standard InChI is InChI=1S/C13H11ClF4N4O/c14-7-2-1-3-8(15)11(7)21-10-6-9(13(16,17)18)20-12(22-10)19-4-5-23/h1-3,6,23H,4-5H2,(H2,19,20,21,22). The SMILES string of the molecule is OCCNc1nc(Nc2c(F)cccc2Cl)cc(C(F)(F)F)n1. The van der Waals surface area contributed by atoms with Crippen molar-refractivity contribution in [3.63, 3.8) is 0 Å². The summed E-state index contributed by atoms with van der Waals surface area (Å²) in [5.74, 6) is -1.39. The lowest BCUT2D eigenvalue weighted by molar-refractivity contribution is -0.141. The lowest BCUT2D eigenvalue weighted by Gasteiger charge is -2.13. The number of para-hydroxylation sites is 1. The molecule has 2 aromatic rings. The molecule has 3 N–H and O–H groups in total. The summed E-state index contributed by atoms with van der Waals surface area (Å²) in [5, 5.41) is 13.5. The third-order valence-electron chi connectivity index (χ3n) is 2.63. The summed E-state index contributed by atoms with van der Waals surface area (Å²) in [6, 6.07) is 4.47. The van der Waals surface area contributed by atoms with Crippen LogP contribution in [0.25, 0.3) is 0 Å². The third kappa shape index (κ3) is 4.42. The molecule has 10 heteroatoms. The fraction of sp³-hybridized carbons (Fsp3) is 0.231. The number of halogens is 5. The molecule has 124 valence electrons. The van der Waals surface area contributed by atoms with Gasteiger partial charge in [-0.3, -0.25) is 0 Å². The minimum atomic E-state index is -4.71. The van der Waals surface area contributed by atoms with Crippen LogP contribution >= 0.6 is 11.6 Å². The number of aliphatic hydroxyl groups excluding tert-OH is 1. The number of rotatable bonds is 5. The number of aliphatic hydroxyl groups is 1. The topological polar surface area (TPSA) is 70.1 Å². The predicted octanol–water partition coefficient (Wildman–Crippen LogP) is 3.44. The Morgan fingerprint density at radius 3 is 2.57 bits per heavy atom. The highest BCUT2D eigenvalue weighted by atomic mass is 35.5. The highest BCUT2D eigenvalue weighted by molar-refractivity contribution is 6.33. The Morgan fingerprint density at radius 2 is 1.96 bits per heavy atom. The molecule has 0 spiro atoms. The first-order chi connectivity index (χ1) is 10.8. The summed E-state index contributed by atoms with van der Waals surface area (Å²) in [6.07, 6.45) is -4.71. The Hall–Kier alpha value is -2.13. The van der Waals surface area contributed by atoms with Crippen molar-refractivity contribution >= 4 is 29.1 Å². The molecule has 1 aromatic heterocycles. The zero-order valence-electron chi connectivity index (χ0n) is 11.5. The molecule has 0 aliphatic heterocycles. The van der Waals surface area contributed by atoms with Crippen LogP contribution < -0.4 is 10.6 Å². The number of nitrogens with one attached hydrogen (secondary N) is 2. The molecule has 0 bridgehead atoms. The Kier molecular flexibility index (Phi) is 5.22. The van der Waals surface area contributed by atoms with Gasteiger partial charge in [-0.1, -0.05) is 17.7 Å². The van der Waals surface area contributed by atoms with Gasteiger partial charge < -0.3 is 15.7 Å². The maximum atomic E-state index is 13.7. The maximum Gasteiger partial charge on any atom is 0.433 e. The Bertz CT molecular complexity index is 676. The van der Waals surface area contributed by atoms with Gasteiger partial charge in [0, 0.05) is 12.6 Å². The quantitative estimate of drug-likeness (QED) is 0.721. The van der Waals surface area contributed by atoms with Gasteiger partial charge in [0.15, 0.2) is 5.69 Å². The van der Waals surface area contributed by atoms with Crippen LogP contribution in [0.5, 0.6) is 0 Å². The van der Waals surface area contributed by atoms with E-state index in [-0.39, 0.29) is 35.6 Å². The van der Waals surface area contributed by atoms with Crippen LogP contribution in [0.3, 0.4) is 0 Å². The largest absolute Gasteiger partial charge is 0.433 e. The van der Waals surface area contributed by atoms with Gasteiger partial charge in [-0.15, -0.1) is 0 Å². The molecule has 0 saturated carbocycles. The second-order valence-corrected chi connectivity index (χ2v) is 4.74. The van der Waals surface area contributed by atoms with Crippen molar-refractivity contribution in [2.45, 2.75) is 6.18 Å². The van der Waals surface area contributed by atoms with E-state index in [1.54, 1.807) is 0 Å². The van der Waals surface area contributed by atoms with Gasteiger partial charge in [0.2, 0.25) is 5.95 Å². The average molecular weight is 351 g/mol. The normalized spacial score (nSPS) is 11.4. The molecule has 0 aliphatic rings. The van der Waals surface area contributed by atoms with Gasteiger partial charge in [0.1, 0.15) is 11.6 Å². The van der Waals surface area contributed by atoms with Crippen molar-refractivity contribution in [3.05, 3.63) is 40.8 Å². The number of alkyl halides is 3. The second kappa shape index (κ2) is 6.97. The van der Waals surface area contributed by atoms with Crippen molar-refractivity contribution in [1.82, 2.24) is 9.97 Å². The Labute approximate surface area is 133 Å². The molecule has 2 rings (SSSR count). The molecule has 1 aromatic carbocycles. The summed E-state index contributed by atoms with van der Waals surface area (Å²) < 4.78 is 52.3. The van der Waals surface area contributed by atoms with Crippen LogP contribution in [0.1, 0.15) is 5.69 Å². The number of aromatic nitrogens is 2. The number of hydrogen-bond acceptors (Lipinski definition) is 5.